The van der Waals surface area contributed by atoms with Crippen molar-refractivity contribution >= 4 is 67.0 Å². The number of sulfone groups is 1. The summed E-state index contributed by atoms with van der Waals surface area (Å²) >= 11 is 8.68. The molecular weight excluding hydrogens is 476 g/mol. The zero-order chi connectivity index (χ0) is 22.6. The predicted molar refractivity (Wildman–Crippen MR) is 128 cm³/mol. The van der Waals surface area contributed by atoms with Crippen LogP contribution in [0.3, 0.4) is 0 Å². The molecule has 0 spiro atoms. The molecular formula is C20H21ClN4O3S3. The summed E-state index contributed by atoms with van der Waals surface area (Å²) in [6, 6.07) is 10.3. The lowest BCUT2D eigenvalue weighted by Gasteiger charge is -2.11. The molecule has 0 aliphatic heterocycles. The number of aromatic nitrogens is 2. The molecule has 0 bridgehead atoms. The van der Waals surface area contributed by atoms with E-state index in [-0.39, 0.29) is 27.3 Å². The lowest BCUT2D eigenvalue weighted by molar-refractivity contribution is -0.113. The molecule has 0 aliphatic carbocycles. The fourth-order valence-corrected chi connectivity index (χ4v) is 5.14. The molecule has 0 fully saturated rings. The van der Waals surface area contributed by atoms with Gasteiger partial charge in [0.15, 0.2) is 14.2 Å². The molecule has 2 aromatic carbocycles. The number of aryl methyl sites for hydroxylation is 2. The Labute approximate surface area is 194 Å². The Bertz CT molecular complexity index is 1210. The van der Waals surface area contributed by atoms with Crippen molar-refractivity contribution in [3.63, 3.8) is 0 Å². The molecule has 0 unspecified atom stereocenters. The number of benzene rings is 2. The number of thioether (sulfide) groups is 1. The number of carbonyl (C=O) groups is 1. The second-order valence-electron chi connectivity index (χ2n) is 6.71. The van der Waals surface area contributed by atoms with E-state index >= 15 is 0 Å². The highest BCUT2D eigenvalue weighted by Gasteiger charge is 2.14. The quantitative estimate of drug-likeness (QED) is 0.426. The molecule has 7 nitrogen and oxygen atoms in total. The highest BCUT2D eigenvalue weighted by molar-refractivity contribution is 8.01. The van der Waals surface area contributed by atoms with Gasteiger partial charge in [-0.15, -0.1) is 10.2 Å². The van der Waals surface area contributed by atoms with Crippen LogP contribution >= 0.6 is 34.7 Å². The van der Waals surface area contributed by atoms with Gasteiger partial charge in [-0.1, -0.05) is 59.8 Å². The van der Waals surface area contributed by atoms with E-state index in [0.717, 1.165) is 23.9 Å². The molecule has 3 rings (SSSR count). The van der Waals surface area contributed by atoms with Gasteiger partial charge in [0.2, 0.25) is 11.0 Å². The summed E-state index contributed by atoms with van der Waals surface area (Å²) in [5, 5.41) is 15.2. The van der Waals surface area contributed by atoms with Gasteiger partial charge < -0.3 is 10.6 Å². The molecule has 0 saturated carbocycles. The van der Waals surface area contributed by atoms with Crippen molar-refractivity contribution in [3.05, 3.63) is 52.5 Å². The fourth-order valence-electron chi connectivity index (χ4n) is 2.77. The number of anilines is 3. The van der Waals surface area contributed by atoms with Crippen LogP contribution in [0.5, 0.6) is 0 Å². The third-order valence-corrected chi connectivity index (χ3v) is 7.76. The van der Waals surface area contributed by atoms with E-state index in [1.807, 2.05) is 19.1 Å². The van der Waals surface area contributed by atoms with Crippen LogP contribution in [0.15, 0.2) is 45.6 Å². The maximum Gasteiger partial charge on any atom is 0.234 e. The first-order chi connectivity index (χ1) is 14.7. The van der Waals surface area contributed by atoms with Crippen LogP contribution in [0, 0.1) is 6.92 Å². The number of halogens is 1. The predicted octanol–water partition coefficient (Wildman–Crippen LogP) is 4.94. The summed E-state index contributed by atoms with van der Waals surface area (Å²) in [5.41, 5.74) is 3.59. The van der Waals surface area contributed by atoms with E-state index in [0.29, 0.717) is 9.47 Å². The van der Waals surface area contributed by atoms with E-state index in [9.17, 15) is 13.2 Å². The third-order valence-electron chi connectivity index (χ3n) is 4.35. The van der Waals surface area contributed by atoms with Crippen LogP contribution in [0.1, 0.15) is 18.1 Å². The van der Waals surface area contributed by atoms with Gasteiger partial charge in [0.05, 0.1) is 21.4 Å². The number of rotatable bonds is 8. The summed E-state index contributed by atoms with van der Waals surface area (Å²) in [6.45, 7) is 4.13. The normalized spacial score (nSPS) is 11.4. The summed E-state index contributed by atoms with van der Waals surface area (Å²) in [5.74, 6) is -0.243. The van der Waals surface area contributed by atoms with Crippen molar-refractivity contribution in [2.45, 2.75) is 29.5 Å². The van der Waals surface area contributed by atoms with Gasteiger partial charge in [-0.25, -0.2) is 8.42 Å². The van der Waals surface area contributed by atoms with E-state index in [1.165, 1.54) is 46.9 Å². The lowest BCUT2D eigenvalue weighted by Crippen LogP contribution is -2.14. The average molecular weight is 497 g/mol. The molecule has 1 amide bonds. The molecule has 2 N–H and O–H groups in total. The van der Waals surface area contributed by atoms with Gasteiger partial charge in [-0.05, 0) is 42.7 Å². The van der Waals surface area contributed by atoms with E-state index in [4.69, 9.17) is 11.6 Å². The van der Waals surface area contributed by atoms with Gasteiger partial charge in [0, 0.05) is 11.9 Å². The number of para-hydroxylation sites is 1. The topological polar surface area (TPSA) is 101 Å². The van der Waals surface area contributed by atoms with Crippen LogP contribution in [-0.4, -0.2) is 36.5 Å². The summed E-state index contributed by atoms with van der Waals surface area (Å²) < 4.78 is 24.1. The zero-order valence-electron chi connectivity index (χ0n) is 17.1. The number of nitrogens with one attached hydrogen (secondary N) is 2. The minimum Gasteiger partial charge on any atom is -0.330 e. The molecule has 1 aromatic heterocycles. The number of hydrogen-bond acceptors (Lipinski definition) is 8. The van der Waals surface area contributed by atoms with E-state index < -0.39 is 9.84 Å². The monoisotopic (exact) mass is 496 g/mol. The first-order valence-electron chi connectivity index (χ1n) is 9.28. The van der Waals surface area contributed by atoms with Crippen molar-refractivity contribution in [2.75, 3.05) is 22.6 Å². The van der Waals surface area contributed by atoms with Crippen LogP contribution in [0.4, 0.5) is 16.5 Å². The summed E-state index contributed by atoms with van der Waals surface area (Å²) in [4.78, 5) is 12.4. The van der Waals surface area contributed by atoms with Crippen LogP contribution in [-0.2, 0) is 21.1 Å². The molecule has 1 heterocycles. The van der Waals surface area contributed by atoms with E-state index in [2.05, 4.69) is 33.8 Å². The van der Waals surface area contributed by atoms with Crippen molar-refractivity contribution in [1.82, 2.24) is 10.2 Å². The van der Waals surface area contributed by atoms with Crippen molar-refractivity contribution in [3.8, 4) is 0 Å². The largest absolute Gasteiger partial charge is 0.330 e. The Balaban J connectivity index is 1.62. The molecule has 11 heteroatoms. The Kier molecular flexibility index (Phi) is 7.58. The average Bonchev–Trinajstić information content (AvgIpc) is 3.16. The molecule has 0 aliphatic rings. The number of hydrogen-bond donors (Lipinski definition) is 2. The summed E-state index contributed by atoms with van der Waals surface area (Å²) in [6.07, 6.45) is 1.99. The Morgan fingerprint density at radius 2 is 2.00 bits per heavy atom. The number of carbonyl (C=O) groups excluding carboxylic acids is 1. The first kappa shape index (κ1) is 23.5. The van der Waals surface area contributed by atoms with Crippen molar-refractivity contribution in [2.24, 2.45) is 0 Å². The smallest absolute Gasteiger partial charge is 0.234 e. The fraction of sp³-hybridized carbons (Fsp3) is 0.250. The van der Waals surface area contributed by atoms with Crippen molar-refractivity contribution < 1.29 is 13.2 Å². The molecule has 0 atom stereocenters. The Morgan fingerprint density at radius 3 is 2.71 bits per heavy atom. The van der Waals surface area contributed by atoms with Gasteiger partial charge in [-0.3, -0.25) is 4.79 Å². The molecule has 31 heavy (non-hydrogen) atoms. The Hall–Kier alpha value is -2.14. The SMILES string of the molecule is CCc1cccc(C)c1Nc1nnc(SCC(=O)Nc2cc(S(C)(=O)=O)ccc2Cl)s1. The zero-order valence-corrected chi connectivity index (χ0v) is 20.3. The van der Waals surface area contributed by atoms with E-state index in [1.54, 1.807) is 0 Å². The van der Waals surface area contributed by atoms with Crippen LogP contribution < -0.4 is 10.6 Å². The van der Waals surface area contributed by atoms with Crippen molar-refractivity contribution in [1.29, 1.82) is 0 Å². The molecule has 3 aromatic rings. The van der Waals surface area contributed by atoms with Crippen LogP contribution in [0.25, 0.3) is 0 Å². The first-order valence-corrected chi connectivity index (χ1v) is 13.4. The second kappa shape index (κ2) is 9.99. The van der Waals surface area contributed by atoms with Crippen LogP contribution in [0.2, 0.25) is 5.02 Å². The minimum atomic E-state index is -3.40. The van der Waals surface area contributed by atoms with Gasteiger partial charge >= 0.3 is 0 Å². The lowest BCUT2D eigenvalue weighted by atomic mass is 10.1. The standard InChI is InChI=1S/C20H21ClN4O3S3/c1-4-13-7-5-6-12(2)18(13)23-19-24-25-20(30-19)29-11-17(26)22-16-10-14(31(3,27)28)8-9-15(16)21/h5-10H,4,11H2,1-3H3,(H,22,26)(H,23,24). The second-order valence-corrected chi connectivity index (χ2v) is 11.3. The number of nitrogens with zero attached hydrogens (tertiary/aromatic N) is 2. The molecule has 0 radical (unpaired) electrons. The maximum atomic E-state index is 12.3. The number of amides is 1. The molecule has 164 valence electrons. The van der Waals surface area contributed by atoms with Gasteiger partial charge in [-0.2, -0.15) is 0 Å². The summed E-state index contributed by atoms with van der Waals surface area (Å²) in [7, 11) is -3.40. The Morgan fingerprint density at radius 1 is 1.23 bits per heavy atom. The highest BCUT2D eigenvalue weighted by Crippen LogP contribution is 2.31. The van der Waals surface area contributed by atoms with Gasteiger partial charge in [0.1, 0.15) is 0 Å². The van der Waals surface area contributed by atoms with Gasteiger partial charge in [0.25, 0.3) is 0 Å². The molecule has 0 saturated heterocycles. The minimum absolute atomic E-state index is 0.0820. The maximum absolute atomic E-state index is 12.3. The highest BCUT2D eigenvalue weighted by atomic mass is 35.5. The third kappa shape index (κ3) is 6.19.